The van der Waals surface area contributed by atoms with E-state index in [9.17, 15) is 4.79 Å². The van der Waals surface area contributed by atoms with Crippen molar-refractivity contribution in [3.05, 3.63) is 47.9 Å². The van der Waals surface area contributed by atoms with Crippen molar-refractivity contribution in [1.82, 2.24) is 15.1 Å². The third kappa shape index (κ3) is 4.69. The molecule has 1 aromatic heterocycles. The van der Waals surface area contributed by atoms with Crippen molar-refractivity contribution < 1.29 is 18.7 Å². The van der Waals surface area contributed by atoms with Crippen LogP contribution in [0.1, 0.15) is 29.5 Å². The van der Waals surface area contributed by atoms with E-state index < -0.39 is 0 Å². The van der Waals surface area contributed by atoms with Crippen LogP contribution in [0, 0.1) is 0 Å². The largest absolute Gasteiger partial charge is 0.490 e. The van der Waals surface area contributed by atoms with Gasteiger partial charge in [0.2, 0.25) is 0 Å². The molecule has 30 heavy (non-hydrogen) atoms. The summed E-state index contributed by atoms with van der Waals surface area (Å²) in [5, 5.41) is 3.36. The van der Waals surface area contributed by atoms with Gasteiger partial charge in [-0.3, -0.25) is 4.79 Å². The third-order valence-electron chi connectivity index (χ3n) is 5.16. The fourth-order valence-electron chi connectivity index (χ4n) is 3.58. The van der Waals surface area contributed by atoms with Crippen LogP contribution in [-0.2, 0) is 6.54 Å². The highest BCUT2D eigenvalue weighted by Crippen LogP contribution is 2.30. The fraction of sp³-hybridized carbons (Fsp3) is 0.455. The van der Waals surface area contributed by atoms with Crippen LogP contribution in [0.2, 0.25) is 0 Å². The molecule has 0 atom stereocenters. The number of benzene rings is 1. The number of rotatable bonds is 4. The van der Waals surface area contributed by atoms with Crippen LogP contribution in [0.4, 0.5) is 0 Å². The van der Waals surface area contributed by atoms with E-state index >= 15 is 0 Å². The maximum atomic E-state index is 12.5. The molecule has 0 saturated carbocycles. The molecular formula is C22H28N4O4. The summed E-state index contributed by atoms with van der Waals surface area (Å²) in [5.74, 6) is 2.77. The van der Waals surface area contributed by atoms with Crippen LogP contribution < -0.4 is 14.8 Å². The van der Waals surface area contributed by atoms with Gasteiger partial charge >= 0.3 is 0 Å². The maximum Gasteiger partial charge on any atom is 0.289 e. The molecular weight excluding hydrogens is 384 g/mol. The Balaban J connectivity index is 1.38. The van der Waals surface area contributed by atoms with E-state index in [-0.39, 0.29) is 5.91 Å². The van der Waals surface area contributed by atoms with Crippen LogP contribution in [-0.4, -0.2) is 67.6 Å². The molecule has 160 valence electrons. The molecule has 8 nitrogen and oxygen atoms in total. The van der Waals surface area contributed by atoms with Gasteiger partial charge in [-0.25, -0.2) is 4.99 Å². The second-order valence-corrected chi connectivity index (χ2v) is 7.26. The molecule has 2 aliphatic heterocycles. The Kier molecular flexibility index (Phi) is 6.41. The maximum absolute atomic E-state index is 12.5. The molecule has 1 amide bonds. The smallest absolute Gasteiger partial charge is 0.289 e. The number of guanidine groups is 1. The number of piperazine rings is 1. The van der Waals surface area contributed by atoms with Gasteiger partial charge in [0.05, 0.1) is 26.0 Å². The molecule has 8 heteroatoms. The van der Waals surface area contributed by atoms with Gasteiger partial charge in [-0.15, -0.1) is 0 Å². The molecule has 3 heterocycles. The second-order valence-electron chi connectivity index (χ2n) is 7.26. The molecule has 1 fully saturated rings. The lowest BCUT2D eigenvalue weighted by atomic mass is 10.2. The number of nitrogens with zero attached hydrogens (tertiary/aromatic N) is 3. The Morgan fingerprint density at radius 1 is 1.07 bits per heavy atom. The number of ether oxygens (including phenoxy) is 2. The number of aliphatic imine (C=N–C) groups is 1. The van der Waals surface area contributed by atoms with E-state index in [1.54, 1.807) is 12.1 Å². The Morgan fingerprint density at radius 2 is 1.83 bits per heavy atom. The predicted octanol–water partition coefficient (Wildman–Crippen LogP) is 2.36. The molecule has 0 spiro atoms. The molecule has 0 bridgehead atoms. The lowest BCUT2D eigenvalue weighted by Crippen LogP contribution is -2.53. The standard InChI is InChI=1S/C22H28N4O4/c1-2-23-22(24-16-17-6-7-18-20(15-17)30-14-4-13-28-18)26-10-8-25(9-11-26)21(27)19-5-3-12-29-19/h3,5-7,12,15H,2,4,8-11,13-14,16H2,1H3,(H,23,24). The van der Waals surface area contributed by atoms with Crippen molar-refractivity contribution in [2.24, 2.45) is 4.99 Å². The minimum absolute atomic E-state index is 0.0613. The monoisotopic (exact) mass is 412 g/mol. The van der Waals surface area contributed by atoms with Gasteiger partial charge in [-0.2, -0.15) is 0 Å². The summed E-state index contributed by atoms with van der Waals surface area (Å²) in [6.07, 6.45) is 2.42. The van der Waals surface area contributed by atoms with Crippen LogP contribution >= 0.6 is 0 Å². The number of amides is 1. The van der Waals surface area contributed by atoms with Crippen molar-refractivity contribution in [3.8, 4) is 11.5 Å². The molecule has 0 unspecified atom stereocenters. The zero-order valence-corrected chi connectivity index (χ0v) is 17.3. The second kappa shape index (κ2) is 9.56. The highest BCUT2D eigenvalue weighted by atomic mass is 16.5. The molecule has 1 saturated heterocycles. The molecule has 2 aromatic rings. The zero-order valence-electron chi connectivity index (χ0n) is 17.3. The van der Waals surface area contributed by atoms with Gasteiger partial charge in [0.25, 0.3) is 5.91 Å². The predicted molar refractivity (Wildman–Crippen MR) is 113 cm³/mol. The van der Waals surface area contributed by atoms with E-state index in [1.165, 1.54) is 6.26 Å². The molecule has 0 radical (unpaired) electrons. The van der Waals surface area contributed by atoms with Gasteiger partial charge < -0.3 is 29.0 Å². The Hall–Kier alpha value is -3.16. The van der Waals surface area contributed by atoms with Crippen molar-refractivity contribution in [2.45, 2.75) is 19.9 Å². The van der Waals surface area contributed by atoms with Gasteiger partial charge in [-0.05, 0) is 36.8 Å². The summed E-state index contributed by atoms with van der Waals surface area (Å²) in [7, 11) is 0. The summed E-state index contributed by atoms with van der Waals surface area (Å²) in [6.45, 7) is 7.45. The lowest BCUT2D eigenvalue weighted by Gasteiger charge is -2.36. The average molecular weight is 412 g/mol. The molecule has 2 aliphatic rings. The molecule has 0 aliphatic carbocycles. The van der Waals surface area contributed by atoms with Crippen LogP contribution in [0.15, 0.2) is 46.0 Å². The highest BCUT2D eigenvalue weighted by molar-refractivity contribution is 5.91. The van der Waals surface area contributed by atoms with Crippen molar-refractivity contribution in [2.75, 3.05) is 45.9 Å². The lowest BCUT2D eigenvalue weighted by molar-refractivity contribution is 0.0657. The first-order chi connectivity index (χ1) is 14.7. The van der Waals surface area contributed by atoms with Crippen molar-refractivity contribution in [1.29, 1.82) is 0 Å². The number of carbonyl (C=O) groups excluding carboxylic acids is 1. The van der Waals surface area contributed by atoms with E-state index in [2.05, 4.69) is 17.1 Å². The van der Waals surface area contributed by atoms with Crippen molar-refractivity contribution >= 4 is 11.9 Å². The number of fused-ring (bicyclic) bond motifs is 1. The van der Waals surface area contributed by atoms with Gasteiger partial charge in [0.1, 0.15) is 0 Å². The summed E-state index contributed by atoms with van der Waals surface area (Å²) >= 11 is 0. The van der Waals surface area contributed by atoms with Crippen LogP contribution in [0.25, 0.3) is 0 Å². The Bertz CT molecular complexity index is 873. The van der Waals surface area contributed by atoms with Crippen LogP contribution in [0.3, 0.4) is 0 Å². The topological polar surface area (TPSA) is 79.5 Å². The van der Waals surface area contributed by atoms with Crippen molar-refractivity contribution in [3.63, 3.8) is 0 Å². The summed E-state index contributed by atoms with van der Waals surface area (Å²) in [4.78, 5) is 21.3. The van der Waals surface area contributed by atoms with Gasteiger partial charge in [-0.1, -0.05) is 6.07 Å². The number of furan rings is 1. The summed E-state index contributed by atoms with van der Waals surface area (Å²) < 4.78 is 16.7. The average Bonchev–Trinajstić information content (AvgIpc) is 3.22. The molecule has 1 N–H and O–H groups in total. The normalized spacial score (nSPS) is 16.9. The number of hydrogen-bond acceptors (Lipinski definition) is 5. The number of carbonyl (C=O) groups is 1. The Labute approximate surface area is 176 Å². The molecule has 1 aromatic carbocycles. The minimum Gasteiger partial charge on any atom is -0.490 e. The van der Waals surface area contributed by atoms with E-state index in [1.807, 2.05) is 23.1 Å². The van der Waals surface area contributed by atoms with Gasteiger partial charge in [0, 0.05) is 39.1 Å². The first-order valence-corrected chi connectivity index (χ1v) is 10.5. The SMILES string of the molecule is CCNC(=NCc1ccc2c(c1)OCCCO2)N1CCN(C(=O)c2ccco2)CC1. The quantitative estimate of drug-likeness (QED) is 0.614. The zero-order chi connectivity index (χ0) is 20.8. The number of nitrogens with one attached hydrogen (secondary N) is 1. The summed E-state index contributed by atoms with van der Waals surface area (Å²) in [5.41, 5.74) is 1.07. The Morgan fingerprint density at radius 3 is 2.57 bits per heavy atom. The first kappa shape index (κ1) is 20.1. The van der Waals surface area contributed by atoms with E-state index in [4.69, 9.17) is 18.9 Å². The minimum atomic E-state index is -0.0613. The highest BCUT2D eigenvalue weighted by Gasteiger charge is 2.25. The van der Waals surface area contributed by atoms with Gasteiger partial charge in [0.15, 0.2) is 23.2 Å². The third-order valence-corrected chi connectivity index (χ3v) is 5.16. The van der Waals surface area contributed by atoms with E-state index in [0.717, 1.165) is 49.1 Å². The fourth-order valence-corrected chi connectivity index (χ4v) is 3.58. The van der Waals surface area contributed by atoms with Crippen LogP contribution in [0.5, 0.6) is 11.5 Å². The summed E-state index contributed by atoms with van der Waals surface area (Å²) in [6, 6.07) is 9.43. The first-order valence-electron chi connectivity index (χ1n) is 10.5. The molecule has 4 rings (SSSR count). The number of hydrogen-bond donors (Lipinski definition) is 1. The van der Waals surface area contributed by atoms with E-state index in [0.29, 0.717) is 38.6 Å².